The van der Waals surface area contributed by atoms with E-state index in [1.165, 1.54) is 6.42 Å². The monoisotopic (exact) mass is 172 g/mol. The second-order valence-electron chi connectivity index (χ2n) is 5.01. The molecule has 0 aromatic heterocycles. The molecule has 0 spiro atoms. The maximum Gasteiger partial charge on any atom is 0.0540 e. The summed E-state index contributed by atoms with van der Waals surface area (Å²) >= 11 is 0. The van der Waals surface area contributed by atoms with Crippen molar-refractivity contribution >= 4 is 0 Å². The van der Waals surface area contributed by atoms with E-state index in [0.717, 1.165) is 12.8 Å². The first-order valence-corrected chi connectivity index (χ1v) is 5.05. The van der Waals surface area contributed by atoms with E-state index in [4.69, 9.17) is 0 Å². The SMILES string of the molecule is CCC(CCC(C)(C)C)C(C)O. The second kappa shape index (κ2) is 4.86. The molecule has 1 N–H and O–H groups in total. The fourth-order valence-corrected chi connectivity index (χ4v) is 1.40. The van der Waals surface area contributed by atoms with Crippen LogP contribution in [0.15, 0.2) is 0 Å². The Bertz CT molecular complexity index is 111. The summed E-state index contributed by atoms with van der Waals surface area (Å²) < 4.78 is 0. The Kier molecular flexibility index (Phi) is 4.84. The lowest BCUT2D eigenvalue weighted by molar-refractivity contribution is 0.109. The Hall–Kier alpha value is -0.0400. The largest absolute Gasteiger partial charge is 0.393 e. The van der Waals surface area contributed by atoms with Gasteiger partial charge in [0.05, 0.1) is 6.10 Å². The van der Waals surface area contributed by atoms with Crippen LogP contribution in [0.2, 0.25) is 0 Å². The standard InChI is InChI=1S/C11H24O/c1-6-10(9(2)12)7-8-11(3,4)5/h9-10,12H,6-8H2,1-5H3. The topological polar surface area (TPSA) is 20.2 Å². The number of aliphatic hydroxyl groups excluding tert-OH is 1. The average molecular weight is 172 g/mol. The van der Waals surface area contributed by atoms with Crippen molar-refractivity contribution < 1.29 is 5.11 Å². The maximum atomic E-state index is 9.41. The van der Waals surface area contributed by atoms with E-state index in [9.17, 15) is 5.11 Å². The first-order valence-electron chi connectivity index (χ1n) is 5.05. The van der Waals surface area contributed by atoms with Crippen molar-refractivity contribution in [2.45, 2.75) is 60.0 Å². The first-order chi connectivity index (χ1) is 5.37. The van der Waals surface area contributed by atoms with Crippen LogP contribution in [0.4, 0.5) is 0 Å². The van der Waals surface area contributed by atoms with Gasteiger partial charge in [0.25, 0.3) is 0 Å². The Balaban J connectivity index is 3.73. The van der Waals surface area contributed by atoms with Gasteiger partial charge in [-0.05, 0) is 31.1 Å². The zero-order chi connectivity index (χ0) is 9.78. The minimum Gasteiger partial charge on any atom is -0.393 e. The highest BCUT2D eigenvalue weighted by atomic mass is 16.3. The van der Waals surface area contributed by atoms with E-state index < -0.39 is 0 Å². The van der Waals surface area contributed by atoms with E-state index in [0.29, 0.717) is 11.3 Å². The number of hydrogen-bond acceptors (Lipinski definition) is 1. The molecule has 0 rings (SSSR count). The molecule has 0 aromatic carbocycles. The maximum absolute atomic E-state index is 9.41. The molecule has 0 saturated heterocycles. The first kappa shape index (κ1) is 12.0. The Morgan fingerprint density at radius 3 is 2.00 bits per heavy atom. The molecule has 12 heavy (non-hydrogen) atoms. The zero-order valence-electron chi connectivity index (χ0n) is 9.22. The molecular formula is C11H24O. The Labute approximate surface area is 77.2 Å². The van der Waals surface area contributed by atoms with Gasteiger partial charge in [-0.3, -0.25) is 0 Å². The van der Waals surface area contributed by atoms with E-state index >= 15 is 0 Å². The molecule has 0 aromatic rings. The summed E-state index contributed by atoms with van der Waals surface area (Å²) in [6.07, 6.45) is 3.30. The molecule has 1 heteroatoms. The fourth-order valence-electron chi connectivity index (χ4n) is 1.40. The van der Waals surface area contributed by atoms with Crippen LogP contribution in [0.25, 0.3) is 0 Å². The van der Waals surface area contributed by atoms with Crippen molar-refractivity contribution in [1.29, 1.82) is 0 Å². The van der Waals surface area contributed by atoms with Crippen molar-refractivity contribution in [3.8, 4) is 0 Å². The summed E-state index contributed by atoms with van der Waals surface area (Å²) in [4.78, 5) is 0. The summed E-state index contributed by atoms with van der Waals surface area (Å²) in [6, 6.07) is 0. The van der Waals surface area contributed by atoms with Gasteiger partial charge in [-0.15, -0.1) is 0 Å². The van der Waals surface area contributed by atoms with E-state index in [2.05, 4.69) is 27.7 Å². The lowest BCUT2D eigenvalue weighted by Crippen LogP contribution is -2.18. The number of aliphatic hydroxyl groups is 1. The van der Waals surface area contributed by atoms with Crippen LogP contribution in [0, 0.1) is 11.3 Å². The van der Waals surface area contributed by atoms with Crippen LogP contribution >= 0.6 is 0 Å². The van der Waals surface area contributed by atoms with Crippen LogP contribution in [-0.2, 0) is 0 Å². The van der Waals surface area contributed by atoms with Gasteiger partial charge in [-0.25, -0.2) is 0 Å². The van der Waals surface area contributed by atoms with Crippen LogP contribution in [-0.4, -0.2) is 11.2 Å². The third kappa shape index (κ3) is 5.59. The molecule has 0 bridgehead atoms. The molecular weight excluding hydrogens is 148 g/mol. The van der Waals surface area contributed by atoms with Crippen molar-refractivity contribution in [3.05, 3.63) is 0 Å². The van der Waals surface area contributed by atoms with Crippen molar-refractivity contribution in [1.82, 2.24) is 0 Å². The van der Waals surface area contributed by atoms with Gasteiger partial charge in [-0.2, -0.15) is 0 Å². The van der Waals surface area contributed by atoms with Gasteiger partial charge in [-0.1, -0.05) is 34.1 Å². The molecule has 0 radical (unpaired) electrons. The third-order valence-corrected chi connectivity index (χ3v) is 2.47. The molecule has 1 nitrogen and oxygen atoms in total. The van der Waals surface area contributed by atoms with E-state index in [-0.39, 0.29) is 6.10 Å². The molecule has 0 amide bonds. The third-order valence-electron chi connectivity index (χ3n) is 2.47. The molecule has 0 saturated carbocycles. The smallest absolute Gasteiger partial charge is 0.0540 e. The predicted molar refractivity (Wildman–Crippen MR) is 54.2 cm³/mol. The Morgan fingerprint density at radius 1 is 1.25 bits per heavy atom. The van der Waals surface area contributed by atoms with Gasteiger partial charge in [0.2, 0.25) is 0 Å². The predicted octanol–water partition coefficient (Wildman–Crippen LogP) is 3.22. The molecule has 2 unspecified atom stereocenters. The van der Waals surface area contributed by atoms with Crippen molar-refractivity contribution in [2.24, 2.45) is 11.3 Å². The zero-order valence-corrected chi connectivity index (χ0v) is 9.22. The number of hydrogen-bond donors (Lipinski definition) is 1. The van der Waals surface area contributed by atoms with Gasteiger partial charge in [0, 0.05) is 0 Å². The van der Waals surface area contributed by atoms with Crippen molar-refractivity contribution in [3.63, 3.8) is 0 Å². The van der Waals surface area contributed by atoms with Crippen LogP contribution in [0.1, 0.15) is 53.9 Å². The van der Waals surface area contributed by atoms with Gasteiger partial charge >= 0.3 is 0 Å². The normalized spacial score (nSPS) is 17.5. The van der Waals surface area contributed by atoms with Gasteiger partial charge in [0.15, 0.2) is 0 Å². The summed E-state index contributed by atoms with van der Waals surface area (Å²) in [5.74, 6) is 0.490. The van der Waals surface area contributed by atoms with Crippen LogP contribution in [0.5, 0.6) is 0 Å². The molecule has 0 aliphatic heterocycles. The van der Waals surface area contributed by atoms with E-state index in [1.54, 1.807) is 0 Å². The molecule has 2 atom stereocenters. The summed E-state index contributed by atoms with van der Waals surface area (Å²) in [6.45, 7) is 10.8. The molecule has 74 valence electrons. The molecule has 0 heterocycles. The quantitative estimate of drug-likeness (QED) is 0.690. The Morgan fingerprint density at radius 2 is 1.75 bits per heavy atom. The minimum absolute atomic E-state index is 0.141. The molecule has 0 fully saturated rings. The summed E-state index contributed by atoms with van der Waals surface area (Å²) in [5, 5.41) is 9.41. The van der Waals surface area contributed by atoms with Crippen LogP contribution in [0.3, 0.4) is 0 Å². The highest BCUT2D eigenvalue weighted by Gasteiger charge is 2.17. The lowest BCUT2D eigenvalue weighted by atomic mass is 9.84. The summed E-state index contributed by atoms with van der Waals surface area (Å²) in [5.41, 5.74) is 0.405. The lowest BCUT2D eigenvalue weighted by Gasteiger charge is -2.23. The molecule has 0 aliphatic rings. The number of rotatable bonds is 4. The minimum atomic E-state index is -0.141. The highest BCUT2D eigenvalue weighted by Crippen LogP contribution is 2.26. The van der Waals surface area contributed by atoms with Gasteiger partial charge < -0.3 is 5.11 Å². The van der Waals surface area contributed by atoms with Crippen LogP contribution < -0.4 is 0 Å². The fraction of sp³-hybridized carbons (Fsp3) is 1.00. The van der Waals surface area contributed by atoms with Gasteiger partial charge in [0.1, 0.15) is 0 Å². The second-order valence-corrected chi connectivity index (χ2v) is 5.01. The average Bonchev–Trinajstić information content (AvgIpc) is 1.85. The summed E-state index contributed by atoms with van der Waals surface area (Å²) in [7, 11) is 0. The van der Waals surface area contributed by atoms with Crippen molar-refractivity contribution in [2.75, 3.05) is 0 Å². The van der Waals surface area contributed by atoms with E-state index in [1.807, 2.05) is 6.92 Å². The highest BCUT2D eigenvalue weighted by molar-refractivity contribution is 4.68. The molecule has 0 aliphatic carbocycles.